The van der Waals surface area contributed by atoms with Gasteiger partial charge in [-0.15, -0.1) is 11.8 Å². The Hall–Kier alpha value is -1.03. The van der Waals surface area contributed by atoms with Crippen molar-refractivity contribution < 1.29 is 17.4 Å². The van der Waals surface area contributed by atoms with Gasteiger partial charge < -0.3 is 0 Å². The van der Waals surface area contributed by atoms with Crippen molar-refractivity contribution in [2.45, 2.75) is 18.9 Å². The molecule has 0 saturated carbocycles. The van der Waals surface area contributed by atoms with Crippen LogP contribution in [0.2, 0.25) is 5.02 Å². The SMILES string of the molecule is C/C(=N\N(C)/C(=C/S(N)=O)SCc1ccccc1Cl)C(F)(F)F. The van der Waals surface area contributed by atoms with Crippen LogP contribution >= 0.6 is 23.4 Å². The fourth-order valence-corrected chi connectivity index (χ4v) is 3.37. The van der Waals surface area contributed by atoms with Crippen LogP contribution in [0.4, 0.5) is 13.2 Å². The summed E-state index contributed by atoms with van der Waals surface area (Å²) in [5, 5.41) is 11.5. The second kappa shape index (κ2) is 8.72. The van der Waals surface area contributed by atoms with E-state index in [0.717, 1.165) is 34.7 Å². The maximum atomic E-state index is 12.6. The van der Waals surface area contributed by atoms with Gasteiger partial charge in [0.25, 0.3) is 0 Å². The number of nitrogens with two attached hydrogens (primary N) is 1. The molecule has 0 amide bonds. The molecule has 0 bridgehead atoms. The van der Waals surface area contributed by atoms with Gasteiger partial charge in [0.1, 0.15) is 21.7 Å². The monoisotopic (exact) mass is 385 g/mol. The maximum absolute atomic E-state index is 12.6. The summed E-state index contributed by atoms with van der Waals surface area (Å²) in [6, 6.07) is 7.06. The fraction of sp³-hybridized carbons (Fsp3) is 0.308. The van der Waals surface area contributed by atoms with E-state index < -0.39 is 22.9 Å². The number of hydrogen-bond donors (Lipinski definition) is 1. The molecule has 23 heavy (non-hydrogen) atoms. The molecule has 2 N–H and O–H groups in total. The molecule has 0 saturated heterocycles. The van der Waals surface area contributed by atoms with E-state index in [2.05, 4.69) is 5.10 Å². The first-order valence-electron chi connectivity index (χ1n) is 6.20. The number of benzene rings is 1. The number of alkyl halides is 3. The van der Waals surface area contributed by atoms with E-state index in [1.165, 1.54) is 7.05 Å². The van der Waals surface area contributed by atoms with Gasteiger partial charge in [-0.25, -0.2) is 9.35 Å². The molecular weight excluding hydrogens is 371 g/mol. The Morgan fingerprint density at radius 3 is 2.61 bits per heavy atom. The van der Waals surface area contributed by atoms with Gasteiger partial charge in [-0.2, -0.15) is 18.3 Å². The first kappa shape index (κ1) is 20.0. The van der Waals surface area contributed by atoms with Crippen molar-refractivity contribution in [3.8, 4) is 0 Å². The van der Waals surface area contributed by atoms with Crippen molar-refractivity contribution in [2.24, 2.45) is 10.2 Å². The first-order chi connectivity index (χ1) is 10.6. The molecule has 1 aromatic rings. The molecule has 1 aromatic carbocycles. The fourth-order valence-electron chi connectivity index (χ4n) is 1.40. The smallest absolute Gasteiger partial charge is 0.261 e. The van der Waals surface area contributed by atoms with Crippen molar-refractivity contribution in [1.82, 2.24) is 5.01 Å². The van der Waals surface area contributed by atoms with Crippen molar-refractivity contribution in [1.29, 1.82) is 0 Å². The van der Waals surface area contributed by atoms with Crippen LogP contribution in [0.15, 0.2) is 39.8 Å². The topological polar surface area (TPSA) is 58.7 Å². The van der Waals surface area contributed by atoms with E-state index in [1.54, 1.807) is 24.3 Å². The van der Waals surface area contributed by atoms with Gasteiger partial charge in [0.15, 0.2) is 0 Å². The van der Waals surface area contributed by atoms with Crippen LogP contribution < -0.4 is 5.14 Å². The largest absolute Gasteiger partial charge is 0.430 e. The average molecular weight is 386 g/mol. The highest BCUT2D eigenvalue weighted by molar-refractivity contribution is 8.02. The maximum Gasteiger partial charge on any atom is 0.430 e. The summed E-state index contributed by atoms with van der Waals surface area (Å²) in [4.78, 5) is 0. The molecule has 1 atom stereocenters. The molecule has 1 unspecified atom stereocenters. The third-order valence-electron chi connectivity index (χ3n) is 2.58. The zero-order valence-corrected chi connectivity index (χ0v) is 14.7. The standard InChI is InChI=1S/C13H15ClF3N3OS2/c1-9(13(15,16)17)19-20(2)12(8-23(18)21)22-7-10-5-3-4-6-11(10)14/h3-6,8H,7,18H2,1-2H3/b12-8-,19-9+. The zero-order chi connectivity index (χ0) is 17.6. The van der Waals surface area contributed by atoms with Crippen molar-refractivity contribution in [3.63, 3.8) is 0 Å². The molecule has 0 aliphatic rings. The van der Waals surface area contributed by atoms with E-state index in [1.807, 2.05) is 0 Å². The average Bonchev–Trinajstić information content (AvgIpc) is 2.43. The molecule has 128 valence electrons. The van der Waals surface area contributed by atoms with Crippen LogP contribution in [0, 0.1) is 0 Å². The summed E-state index contributed by atoms with van der Waals surface area (Å²) in [5.41, 5.74) is -0.232. The summed E-state index contributed by atoms with van der Waals surface area (Å²) in [6.07, 6.45) is -4.53. The summed E-state index contributed by atoms with van der Waals surface area (Å²) >= 11 is 7.16. The minimum absolute atomic E-state index is 0.231. The first-order valence-corrected chi connectivity index (χ1v) is 8.84. The zero-order valence-electron chi connectivity index (χ0n) is 12.3. The molecule has 0 fully saturated rings. The van der Waals surface area contributed by atoms with Gasteiger partial charge in [0.2, 0.25) is 0 Å². The molecule has 0 spiro atoms. The molecule has 1 rings (SSSR count). The minimum Gasteiger partial charge on any atom is -0.261 e. The lowest BCUT2D eigenvalue weighted by atomic mass is 10.2. The number of rotatable bonds is 6. The van der Waals surface area contributed by atoms with E-state index in [-0.39, 0.29) is 5.03 Å². The van der Waals surface area contributed by atoms with Crippen LogP contribution in [0.25, 0.3) is 0 Å². The van der Waals surface area contributed by atoms with Crippen LogP contribution in [0.3, 0.4) is 0 Å². The minimum atomic E-state index is -4.53. The van der Waals surface area contributed by atoms with E-state index in [0.29, 0.717) is 10.8 Å². The number of hydrazone groups is 1. The Bertz CT molecular complexity index is 635. The molecule has 0 heterocycles. The Balaban J connectivity index is 2.94. The van der Waals surface area contributed by atoms with Crippen molar-refractivity contribution >= 4 is 40.1 Å². The van der Waals surface area contributed by atoms with Gasteiger partial charge >= 0.3 is 6.18 Å². The quantitative estimate of drug-likeness (QED) is 0.597. The number of halogens is 4. The summed E-state index contributed by atoms with van der Waals surface area (Å²) < 4.78 is 48.9. The summed E-state index contributed by atoms with van der Waals surface area (Å²) in [7, 11) is -0.497. The Labute approximate surface area is 144 Å². The van der Waals surface area contributed by atoms with Crippen LogP contribution in [-0.4, -0.2) is 28.2 Å². The van der Waals surface area contributed by atoms with Gasteiger partial charge in [0.05, 0.1) is 0 Å². The van der Waals surface area contributed by atoms with Gasteiger partial charge in [-0.3, -0.25) is 5.01 Å². The molecule has 0 radical (unpaired) electrons. The highest BCUT2D eigenvalue weighted by Crippen LogP contribution is 2.28. The molecular formula is C13H15ClF3N3OS2. The molecule has 10 heteroatoms. The number of hydrogen-bond acceptors (Lipinski definition) is 4. The van der Waals surface area contributed by atoms with Crippen LogP contribution in [0.1, 0.15) is 12.5 Å². The normalized spacial score (nSPS) is 14.7. The molecule has 0 aliphatic heterocycles. The van der Waals surface area contributed by atoms with Crippen LogP contribution in [-0.2, 0) is 16.7 Å². The molecule has 0 aromatic heterocycles. The van der Waals surface area contributed by atoms with Crippen molar-refractivity contribution in [3.05, 3.63) is 45.3 Å². The highest BCUT2D eigenvalue weighted by atomic mass is 35.5. The lowest BCUT2D eigenvalue weighted by Crippen LogP contribution is -2.23. The number of nitrogens with zero attached hydrogens (tertiary/aromatic N) is 2. The number of thioether (sulfide) groups is 1. The lowest BCUT2D eigenvalue weighted by molar-refractivity contribution is -0.0602. The third-order valence-corrected chi connectivity index (χ3v) is 4.69. The lowest BCUT2D eigenvalue weighted by Gasteiger charge is -2.18. The Kier molecular flexibility index (Phi) is 7.59. The third kappa shape index (κ3) is 6.94. The van der Waals surface area contributed by atoms with E-state index in [9.17, 15) is 17.4 Å². The molecule has 0 aliphatic carbocycles. The van der Waals surface area contributed by atoms with E-state index >= 15 is 0 Å². The Morgan fingerprint density at radius 2 is 2.09 bits per heavy atom. The summed E-state index contributed by atoms with van der Waals surface area (Å²) in [6.45, 7) is 0.853. The van der Waals surface area contributed by atoms with Gasteiger partial charge in [-0.1, -0.05) is 29.8 Å². The summed E-state index contributed by atoms with van der Waals surface area (Å²) in [5.74, 6) is 0.369. The molecule has 4 nitrogen and oxygen atoms in total. The second-order valence-electron chi connectivity index (χ2n) is 4.37. The van der Waals surface area contributed by atoms with Gasteiger partial charge in [-0.05, 0) is 18.6 Å². The predicted octanol–water partition coefficient (Wildman–Crippen LogP) is 3.86. The van der Waals surface area contributed by atoms with Crippen LogP contribution in [0.5, 0.6) is 0 Å². The van der Waals surface area contributed by atoms with Crippen molar-refractivity contribution in [2.75, 3.05) is 7.05 Å². The Morgan fingerprint density at radius 1 is 1.48 bits per heavy atom. The second-order valence-corrected chi connectivity index (χ2v) is 6.67. The predicted molar refractivity (Wildman–Crippen MR) is 90.1 cm³/mol. The highest BCUT2D eigenvalue weighted by Gasteiger charge is 2.32. The van der Waals surface area contributed by atoms with E-state index in [4.69, 9.17) is 16.7 Å². The van der Waals surface area contributed by atoms with Gasteiger partial charge in [0, 0.05) is 23.2 Å².